The van der Waals surface area contributed by atoms with Crippen LogP contribution in [0.4, 0.5) is 17.6 Å². The highest BCUT2D eigenvalue weighted by atomic mass is 35.5. The number of aromatic nitrogens is 4. The van der Waals surface area contributed by atoms with Crippen LogP contribution in [0.15, 0.2) is 24.7 Å². The van der Waals surface area contributed by atoms with E-state index in [2.05, 4.69) is 19.9 Å². The Balaban J connectivity index is 0.00000204. The summed E-state index contributed by atoms with van der Waals surface area (Å²) in [4.78, 5) is 28.2. The van der Waals surface area contributed by atoms with Crippen molar-refractivity contribution in [2.45, 2.75) is 25.4 Å². The fraction of sp³-hybridized carbons (Fsp3) is 0.400. The van der Waals surface area contributed by atoms with Crippen LogP contribution in [0.3, 0.4) is 0 Å². The summed E-state index contributed by atoms with van der Waals surface area (Å²) in [6.45, 7) is -1.12. The molecule has 1 aliphatic rings. The first-order valence-corrected chi connectivity index (χ1v) is 10.1. The van der Waals surface area contributed by atoms with Crippen molar-refractivity contribution < 1.29 is 29.9 Å². The molecule has 4 heterocycles. The minimum atomic E-state index is -4.56. The summed E-state index contributed by atoms with van der Waals surface area (Å²) in [5.74, 6) is -1.38. The first-order valence-electron chi connectivity index (χ1n) is 9.74. The Morgan fingerprint density at radius 2 is 2.03 bits per heavy atom. The lowest BCUT2D eigenvalue weighted by molar-refractivity contribution is -0.148. The van der Waals surface area contributed by atoms with Gasteiger partial charge in [-0.1, -0.05) is 11.6 Å². The van der Waals surface area contributed by atoms with Crippen LogP contribution in [0.25, 0.3) is 22.4 Å². The van der Waals surface area contributed by atoms with Gasteiger partial charge in [-0.2, -0.15) is 13.2 Å². The molecular weight excluding hydrogens is 454 g/mol. The molecule has 1 saturated heterocycles. The monoisotopic (exact) mass is 475 g/mol. The van der Waals surface area contributed by atoms with Gasteiger partial charge in [0.05, 0.1) is 22.3 Å². The van der Waals surface area contributed by atoms with Crippen molar-refractivity contribution in [1.82, 2.24) is 25.3 Å². The molecule has 0 radical (unpaired) electrons. The van der Waals surface area contributed by atoms with Crippen LogP contribution in [0.5, 0.6) is 0 Å². The average Bonchev–Trinajstić information content (AvgIpc) is 3.17. The van der Waals surface area contributed by atoms with E-state index in [0.717, 1.165) is 6.20 Å². The zero-order chi connectivity index (χ0) is 22.9. The predicted molar refractivity (Wildman–Crippen MR) is 112 cm³/mol. The fourth-order valence-corrected chi connectivity index (χ4v) is 3.91. The second-order valence-electron chi connectivity index (χ2n) is 7.61. The number of ether oxygens (including phenoxy) is 1. The summed E-state index contributed by atoms with van der Waals surface area (Å²) < 4.78 is 57.8. The van der Waals surface area contributed by atoms with Gasteiger partial charge in [0.25, 0.3) is 0 Å². The van der Waals surface area contributed by atoms with E-state index in [4.69, 9.17) is 16.3 Å². The summed E-state index contributed by atoms with van der Waals surface area (Å²) in [6.07, 6.45) is -0.414. The van der Waals surface area contributed by atoms with Gasteiger partial charge in [-0.3, -0.25) is 4.79 Å². The maximum absolute atomic E-state index is 14.6. The summed E-state index contributed by atoms with van der Waals surface area (Å²) in [6, 6.07) is 1.66. The summed E-state index contributed by atoms with van der Waals surface area (Å²) >= 11 is 6.02. The quantitative estimate of drug-likeness (QED) is 0.536. The van der Waals surface area contributed by atoms with Gasteiger partial charge in [0.1, 0.15) is 12.2 Å². The molecule has 12 heteroatoms. The highest BCUT2D eigenvalue weighted by Crippen LogP contribution is 2.36. The number of carbonyl (C=O) groups is 1. The molecule has 2 N–H and O–H groups in total. The highest BCUT2D eigenvalue weighted by molar-refractivity contribution is 6.31. The first kappa shape index (κ1) is 22.4. The van der Waals surface area contributed by atoms with Gasteiger partial charge in [0.2, 0.25) is 5.91 Å². The van der Waals surface area contributed by atoms with E-state index in [1.165, 1.54) is 6.20 Å². The lowest BCUT2D eigenvalue weighted by Gasteiger charge is -2.35. The maximum Gasteiger partial charge on any atom is 0.405 e. The molecule has 0 saturated carbocycles. The molecular formula is C20H22ClF4N5O2. The zero-order valence-electron chi connectivity index (χ0n) is 16.6. The topological polar surface area (TPSA) is 92.8 Å². The Bertz CT molecular complexity index is 1160. The van der Waals surface area contributed by atoms with Gasteiger partial charge >= 0.3 is 6.18 Å². The maximum atomic E-state index is 14.6. The molecule has 174 valence electrons. The molecule has 0 spiro atoms. The Morgan fingerprint density at radius 1 is 1.28 bits per heavy atom. The van der Waals surface area contributed by atoms with Crippen LogP contribution < -0.4 is 5.32 Å². The van der Waals surface area contributed by atoms with E-state index in [9.17, 15) is 22.4 Å². The molecule has 3 aromatic heterocycles. The standard InChI is InChI=1S/C20H18ClF4N5O2.2H2/c21-11-5-12-13(8-27-16(12)26-7-11)17-28-9-14(22)15(30-17)6-19(1-3-32-4-2-19)18(31)29-10-20(23,24)25;;/h5,7-9H,1-4,6,10H2,(H,26,27)(H,29,31);2*1H. The number of hydrogen-bond acceptors (Lipinski definition) is 5. The van der Waals surface area contributed by atoms with Crippen LogP contribution in [-0.2, 0) is 16.0 Å². The van der Waals surface area contributed by atoms with Gasteiger partial charge in [-0.15, -0.1) is 0 Å². The number of rotatable bonds is 5. The minimum Gasteiger partial charge on any atom is -0.381 e. The lowest BCUT2D eigenvalue weighted by Crippen LogP contribution is -2.48. The van der Waals surface area contributed by atoms with E-state index in [1.54, 1.807) is 12.3 Å². The average molecular weight is 476 g/mol. The highest BCUT2D eigenvalue weighted by Gasteiger charge is 2.42. The number of alkyl halides is 3. The largest absolute Gasteiger partial charge is 0.405 e. The smallest absolute Gasteiger partial charge is 0.381 e. The number of nitrogens with zero attached hydrogens (tertiary/aromatic N) is 3. The molecule has 1 aliphatic heterocycles. The van der Waals surface area contributed by atoms with Crippen molar-refractivity contribution in [2.75, 3.05) is 19.8 Å². The molecule has 0 aliphatic carbocycles. The molecule has 1 amide bonds. The van der Waals surface area contributed by atoms with Gasteiger partial charge < -0.3 is 15.0 Å². The number of aromatic amines is 1. The number of carbonyl (C=O) groups excluding carboxylic acids is 1. The van der Waals surface area contributed by atoms with Gasteiger partial charge in [0, 0.05) is 45.8 Å². The van der Waals surface area contributed by atoms with Crippen LogP contribution in [0.2, 0.25) is 5.02 Å². The molecule has 0 bridgehead atoms. The summed E-state index contributed by atoms with van der Waals surface area (Å²) in [5.41, 5.74) is -0.283. The van der Waals surface area contributed by atoms with Gasteiger partial charge in [-0.05, 0) is 18.9 Å². The third-order valence-electron chi connectivity index (χ3n) is 5.44. The third-order valence-corrected chi connectivity index (χ3v) is 5.65. The molecule has 0 unspecified atom stereocenters. The number of halogens is 5. The Labute approximate surface area is 187 Å². The minimum absolute atomic E-state index is 0. The van der Waals surface area contributed by atoms with Crippen molar-refractivity contribution in [2.24, 2.45) is 5.41 Å². The van der Waals surface area contributed by atoms with Crippen molar-refractivity contribution in [3.63, 3.8) is 0 Å². The molecule has 7 nitrogen and oxygen atoms in total. The molecule has 4 rings (SSSR count). The van der Waals surface area contributed by atoms with Crippen LogP contribution >= 0.6 is 11.6 Å². The number of pyridine rings is 1. The number of amides is 1. The van der Waals surface area contributed by atoms with Crippen LogP contribution in [0.1, 0.15) is 21.4 Å². The number of H-pyrrole nitrogens is 1. The molecule has 3 aromatic rings. The fourth-order valence-electron chi connectivity index (χ4n) is 3.75. The SMILES string of the molecule is O=C(NCC(F)(F)F)C1(Cc2nc(-c3c[nH]c4ncc(Cl)cc34)ncc2F)CCOCC1.[HH].[HH]. The Morgan fingerprint density at radius 3 is 2.75 bits per heavy atom. The summed E-state index contributed by atoms with van der Waals surface area (Å²) in [5, 5.41) is 2.95. The van der Waals surface area contributed by atoms with E-state index in [0.29, 0.717) is 21.6 Å². The van der Waals surface area contributed by atoms with Crippen molar-refractivity contribution >= 4 is 28.5 Å². The van der Waals surface area contributed by atoms with Gasteiger partial charge in [0.15, 0.2) is 11.6 Å². The second kappa shape index (κ2) is 8.62. The zero-order valence-corrected chi connectivity index (χ0v) is 17.4. The van der Waals surface area contributed by atoms with E-state index < -0.39 is 29.9 Å². The van der Waals surface area contributed by atoms with E-state index in [-0.39, 0.29) is 46.8 Å². The lowest BCUT2D eigenvalue weighted by atomic mass is 9.75. The first-order chi connectivity index (χ1) is 15.2. The third kappa shape index (κ3) is 4.68. The van der Waals surface area contributed by atoms with Crippen molar-refractivity contribution in [3.8, 4) is 11.4 Å². The van der Waals surface area contributed by atoms with Crippen molar-refractivity contribution in [3.05, 3.63) is 41.2 Å². The molecule has 32 heavy (non-hydrogen) atoms. The van der Waals surface area contributed by atoms with E-state index >= 15 is 0 Å². The molecule has 0 atom stereocenters. The normalized spacial score (nSPS) is 16.3. The number of fused-ring (bicyclic) bond motifs is 1. The van der Waals surface area contributed by atoms with Gasteiger partial charge in [-0.25, -0.2) is 19.3 Å². The summed E-state index contributed by atoms with van der Waals surface area (Å²) in [7, 11) is 0. The number of hydrogen-bond donors (Lipinski definition) is 2. The number of nitrogens with one attached hydrogen (secondary N) is 2. The molecule has 0 aromatic carbocycles. The van der Waals surface area contributed by atoms with E-state index in [1.807, 2.05) is 5.32 Å². The predicted octanol–water partition coefficient (Wildman–Crippen LogP) is 4.32. The van der Waals surface area contributed by atoms with Crippen molar-refractivity contribution in [1.29, 1.82) is 0 Å². The van der Waals surface area contributed by atoms with Crippen LogP contribution in [-0.4, -0.2) is 51.8 Å². The van der Waals surface area contributed by atoms with Crippen LogP contribution in [0, 0.1) is 11.2 Å². The second-order valence-corrected chi connectivity index (χ2v) is 8.04. The Hall–Kier alpha value is -2.79. The molecule has 1 fully saturated rings. The Kier molecular flexibility index (Phi) is 6.04.